The van der Waals surface area contributed by atoms with Crippen LogP contribution in [0.25, 0.3) is 0 Å². The van der Waals surface area contributed by atoms with E-state index in [9.17, 15) is 4.79 Å². The van der Waals surface area contributed by atoms with Crippen LogP contribution in [-0.2, 0) is 11.3 Å². The molecular weight excluding hydrogens is 302 g/mol. The van der Waals surface area contributed by atoms with Gasteiger partial charge in [-0.3, -0.25) is 0 Å². The minimum absolute atomic E-state index is 0.233. The summed E-state index contributed by atoms with van der Waals surface area (Å²) in [7, 11) is 0. The maximum absolute atomic E-state index is 12.3. The van der Waals surface area contributed by atoms with Gasteiger partial charge in [0.15, 0.2) is 0 Å². The molecule has 0 N–H and O–H groups in total. The Balaban J connectivity index is 1.45. The van der Waals surface area contributed by atoms with Crippen molar-refractivity contribution in [3.8, 4) is 5.75 Å². The van der Waals surface area contributed by atoms with E-state index in [1.54, 1.807) is 4.90 Å². The van der Waals surface area contributed by atoms with Crippen molar-refractivity contribution in [2.24, 2.45) is 5.92 Å². The molecule has 3 rings (SSSR count). The Morgan fingerprint density at radius 3 is 2.50 bits per heavy atom. The van der Waals surface area contributed by atoms with Crippen molar-refractivity contribution in [1.82, 2.24) is 4.90 Å². The summed E-state index contributed by atoms with van der Waals surface area (Å²) in [5.74, 6) is 1.23. The predicted molar refractivity (Wildman–Crippen MR) is 92.9 cm³/mol. The molecule has 1 saturated heterocycles. The number of likely N-dealkylation sites (tertiary alicyclic amines) is 1. The van der Waals surface area contributed by atoms with Gasteiger partial charge < -0.3 is 14.4 Å². The second kappa shape index (κ2) is 8.39. The second-order valence-corrected chi connectivity index (χ2v) is 6.12. The highest BCUT2D eigenvalue weighted by atomic mass is 16.6. The van der Waals surface area contributed by atoms with E-state index in [4.69, 9.17) is 9.47 Å². The molecule has 1 aliphatic rings. The number of piperidine rings is 1. The van der Waals surface area contributed by atoms with Gasteiger partial charge in [-0.05, 0) is 30.5 Å². The average molecular weight is 325 g/mol. The number of hydrogen-bond donors (Lipinski definition) is 0. The molecule has 1 atom stereocenters. The standard InChI is InChI=1S/C20H23NO3/c22-20(24-15-17-8-3-1-4-9-17)21-13-7-10-18(14-21)16-23-19-11-5-2-6-12-19/h1-6,8-9,11-12,18H,7,10,13-16H2. The monoisotopic (exact) mass is 325 g/mol. The van der Waals surface area contributed by atoms with E-state index >= 15 is 0 Å². The minimum Gasteiger partial charge on any atom is -0.493 e. The largest absolute Gasteiger partial charge is 0.493 e. The van der Waals surface area contributed by atoms with Crippen molar-refractivity contribution >= 4 is 6.09 Å². The third-order valence-corrected chi connectivity index (χ3v) is 4.21. The third kappa shape index (κ3) is 4.75. The summed E-state index contributed by atoms with van der Waals surface area (Å²) in [4.78, 5) is 14.1. The molecular formula is C20H23NO3. The smallest absolute Gasteiger partial charge is 0.410 e. The Morgan fingerprint density at radius 2 is 1.75 bits per heavy atom. The van der Waals surface area contributed by atoms with E-state index < -0.39 is 0 Å². The molecule has 4 nitrogen and oxygen atoms in total. The van der Waals surface area contributed by atoms with Gasteiger partial charge in [0.2, 0.25) is 0 Å². The van der Waals surface area contributed by atoms with Gasteiger partial charge >= 0.3 is 6.09 Å². The molecule has 0 saturated carbocycles. The van der Waals surface area contributed by atoms with E-state index in [-0.39, 0.29) is 6.09 Å². The molecule has 0 spiro atoms. The summed E-state index contributed by atoms with van der Waals surface area (Å²) >= 11 is 0. The average Bonchev–Trinajstić information content (AvgIpc) is 2.66. The van der Waals surface area contributed by atoms with Crippen LogP contribution in [0.2, 0.25) is 0 Å². The molecule has 1 heterocycles. The van der Waals surface area contributed by atoms with Crippen molar-refractivity contribution in [3.05, 3.63) is 66.2 Å². The Kier molecular flexibility index (Phi) is 5.72. The normalized spacial score (nSPS) is 17.3. The number of amides is 1. The SMILES string of the molecule is O=C(OCc1ccccc1)N1CCCC(COc2ccccc2)C1. The summed E-state index contributed by atoms with van der Waals surface area (Å²) in [6, 6.07) is 19.6. The lowest BCUT2D eigenvalue weighted by atomic mass is 9.99. The number of carbonyl (C=O) groups excluding carboxylic acids is 1. The van der Waals surface area contributed by atoms with Gasteiger partial charge in [0.1, 0.15) is 12.4 Å². The molecule has 126 valence electrons. The summed E-state index contributed by atoms with van der Waals surface area (Å²) < 4.78 is 11.2. The number of para-hydroxylation sites is 1. The van der Waals surface area contributed by atoms with E-state index in [1.165, 1.54) is 0 Å². The summed E-state index contributed by atoms with van der Waals surface area (Å²) in [5.41, 5.74) is 1.01. The zero-order chi connectivity index (χ0) is 16.6. The van der Waals surface area contributed by atoms with Crippen LogP contribution in [0.3, 0.4) is 0 Å². The number of carbonyl (C=O) groups is 1. The van der Waals surface area contributed by atoms with Crippen molar-refractivity contribution in [1.29, 1.82) is 0 Å². The van der Waals surface area contributed by atoms with Crippen molar-refractivity contribution in [3.63, 3.8) is 0 Å². The first-order chi connectivity index (χ1) is 11.8. The fraction of sp³-hybridized carbons (Fsp3) is 0.350. The van der Waals surface area contributed by atoms with Crippen LogP contribution in [-0.4, -0.2) is 30.7 Å². The molecule has 0 aliphatic carbocycles. The number of nitrogens with zero attached hydrogens (tertiary/aromatic N) is 1. The third-order valence-electron chi connectivity index (χ3n) is 4.21. The van der Waals surface area contributed by atoms with Crippen LogP contribution in [0.1, 0.15) is 18.4 Å². The molecule has 1 fully saturated rings. The first-order valence-corrected chi connectivity index (χ1v) is 8.45. The van der Waals surface area contributed by atoms with Crippen LogP contribution < -0.4 is 4.74 Å². The van der Waals surface area contributed by atoms with Gasteiger partial charge in [-0.1, -0.05) is 48.5 Å². The predicted octanol–water partition coefficient (Wildman–Crippen LogP) is 4.11. The molecule has 2 aromatic rings. The zero-order valence-corrected chi connectivity index (χ0v) is 13.8. The molecule has 0 radical (unpaired) electrons. The number of ether oxygens (including phenoxy) is 2. The van der Waals surface area contributed by atoms with Gasteiger partial charge in [-0.15, -0.1) is 0 Å². The zero-order valence-electron chi connectivity index (χ0n) is 13.8. The van der Waals surface area contributed by atoms with E-state index in [0.29, 0.717) is 25.7 Å². The maximum atomic E-state index is 12.3. The fourth-order valence-electron chi connectivity index (χ4n) is 2.91. The highest BCUT2D eigenvalue weighted by Crippen LogP contribution is 2.19. The highest BCUT2D eigenvalue weighted by molar-refractivity contribution is 5.67. The Labute approximate surface area is 143 Å². The van der Waals surface area contributed by atoms with Crippen molar-refractivity contribution < 1.29 is 14.3 Å². The molecule has 2 aromatic carbocycles. The van der Waals surface area contributed by atoms with Gasteiger partial charge in [-0.2, -0.15) is 0 Å². The number of hydrogen-bond acceptors (Lipinski definition) is 3. The van der Waals surface area contributed by atoms with E-state index in [1.807, 2.05) is 60.7 Å². The van der Waals surface area contributed by atoms with Crippen LogP contribution in [0.4, 0.5) is 4.79 Å². The van der Waals surface area contributed by atoms with Crippen LogP contribution in [0, 0.1) is 5.92 Å². The van der Waals surface area contributed by atoms with E-state index in [0.717, 1.165) is 30.7 Å². The molecule has 0 bridgehead atoms. The lowest BCUT2D eigenvalue weighted by Crippen LogP contribution is -2.41. The molecule has 1 unspecified atom stereocenters. The molecule has 4 heteroatoms. The van der Waals surface area contributed by atoms with Crippen LogP contribution in [0.5, 0.6) is 5.75 Å². The lowest BCUT2D eigenvalue weighted by molar-refractivity contribution is 0.0710. The number of benzene rings is 2. The lowest BCUT2D eigenvalue weighted by Gasteiger charge is -2.31. The maximum Gasteiger partial charge on any atom is 0.410 e. The van der Waals surface area contributed by atoms with Gasteiger partial charge in [0.05, 0.1) is 6.61 Å². The molecule has 1 aliphatic heterocycles. The summed E-state index contributed by atoms with van der Waals surface area (Å²) in [5, 5.41) is 0. The highest BCUT2D eigenvalue weighted by Gasteiger charge is 2.25. The first-order valence-electron chi connectivity index (χ1n) is 8.45. The van der Waals surface area contributed by atoms with Crippen molar-refractivity contribution in [2.45, 2.75) is 19.4 Å². The molecule has 24 heavy (non-hydrogen) atoms. The Hall–Kier alpha value is -2.49. The summed E-state index contributed by atoms with van der Waals surface area (Å²) in [6.07, 6.45) is 1.83. The van der Waals surface area contributed by atoms with E-state index in [2.05, 4.69) is 0 Å². The van der Waals surface area contributed by atoms with Gasteiger partial charge in [0, 0.05) is 19.0 Å². The summed E-state index contributed by atoms with van der Waals surface area (Å²) in [6.45, 7) is 2.41. The first kappa shape index (κ1) is 16.4. The fourth-order valence-corrected chi connectivity index (χ4v) is 2.91. The topological polar surface area (TPSA) is 38.8 Å². The van der Waals surface area contributed by atoms with Crippen LogP contribution >= 0.6 is 0 Å². The van der Waals surface area contributed by atoms with Crippen LogP contribution in [0.15, 0.2) is 60.7 Å². The Bertz CT molecular complexity index is 630. The van der Waals surface area contributed by atoms with Gasteiger partial charge in [-0.25, -0.2) is 4.79 Å². The number of rotatable bonds is 5. The van der Waals surface area contributed by atoms with Crippen molar-refractivity contribution in [2.75, 3.05) is 19.7 Å². The Morgan fingerprint density at radius 1 is 1.04 bits per heavy atom. The quantitative estimate of drug-likeness (QED) is 0.830. The molecule has 1 amide bonds. The molecule has 0 aromatic heterocycles. The minimum atomic E-state index is -0.233. The second-order valence-electron chi connectivity index (χ2n) is 6.12. The van der Waals surface area contributed by atoms with Gasteiger partial charge in [0.25, 0.3) is 0 Å².